The molecule has 0 bridgehead atoms. The lowest BCUT2D eigenvalue weighted by atomic mass is 10.1. The summed E-state index contributed by atoms with van der Waals surface area (Å²) in [5.41, 5.74) is 0.991. The topological polar surface area (TPSA) is 77.2 Å². The number of hydrogen-bond donors (Lipinski definition) is 1. The minimum Gasteiger partial charge on any atom is -0.479 e. The third-order valence-corrected chi connectivity index (χ3v) is 5.03. The SMILES string of the molecule is CCCCC(Oc1ccccc1Cn1c(C)cnc1-c1ccc(C(F)(F)F)nc1)C(=O)O. The molecular formula is C23H24F3N3O3. The van der Waals surface area contributed by atoms with Crippen molar-refractivity contribution in [3.05, 3.63) is 65.7 Å². The Bertz CT molecular complexity index is 1060. The van der Waals surface area contributed by atoms with E-state index in [1.54, 1.807) is 18.3 Å². The number of pyridine rings is 1. The normalized spacial score (nSPS) is 12.5. The van der Waals surface area contributed by atoms with Gasteiger partial charge in [0.1, 0.15) is 17.3 Å². The zero-order chi connectivity index (χ0) is 23.3. The number of carbonyl (C=O) groups is 1. The van der Waals surface area contributed by atoms with Crippen LogP contribution in [0.4, 0.5) is 13.2 Å². The number of halogens is 3. The molecule has 1 atom stereocenters. The van der Waals surface area contributed by atoms with Crippen LogP contribution in [0, 0.1) is 6.92 Å². The predicted molar refractivity (Wildman–Crippen MR) is 112 cm³/mol. The Hall–Kier alpha value is -3.36. The average molecular weight is 447 g/mol. The molecule has 0 radical (unpaired) electrons. The summed E-state index contributed by atoms with van der Waals surface area (Å²) >= 11 is 0. The highest BCUT2D eigenvalue weighted by molar-refractivity contribution is 5.72. The van der Waals surface area contributed by atoms with Crippen molar-refractivity contribution in [2.45, 2.75) is 51.9 Å². The highest BCUT2D eigenvalue weighted by Gasteiger charge is 2.32. The van der Waals surface area contributed by atoms with Crippen LogP contribution in [0.2, 0.25) is 0 Å². The molecule has 0 aliphatic heterocycles. The molecule has 0 fully saturated rings. The van der Waals surface area contributed by atoms with Crippen molar-refractivity contribution in [1.82, 2.24) is 14.5 Å². The predicted octanol–water partition coefficient (Wildman–Crippen LogP) is 5.34. The molecule has 3 rings (SSSR count). The fourth-order valence-corrected chi connectivity index (χ4v) is 3.28. The minimum atomic E-state index is -4.52. The smallest absolute Gasteiger partial charge is 0.433 e. The van der Waals surface area contributed by atoms with Crippen LogP contribution in [0.15, 0.2) is 48.8 Å². The van der Waals surface area contributed by atoms with Gasteiger partial charge < -0.3 is 14.4 Å². The van der Waals surface area contributed by atoms with Crippen molar-refractivity contribution in [3.8, 4) is 17.1 Å². The number of nitrogens with zero attached hydrogens (tertiary/aromatic N) is 3. The summed E-state index contributed by atoms with van der Waals surface area (Å²) in [6, 6.07) is 9.37. The molecule has 0 saturated carbocycles. The Morgan fingerprint density at radius 3 is 2.53 bits per heavy atom. The molecule has 0 amide bonds. The van der Waals surface area contributed by atoms with Gasteiger partial charge in [0.05, 0.1) is 6.54 Å². The molecular weight excluding hydrogens is 423 g/mol. The largest absolute Gasteiger partial charge is 0.479 e. The Morgan fingerprint density at radius 1 is 1.16 bits per heavy atom. The fourth-order valence-electron chi connectivity index (χ4n) is 3.28. The lowest BCUT2D eigenvalue weighted by Gasteiger charge is -2.19. The molecule has 1 N–H and O–H groups in total. The van der Waals surface area contributed by atoms with Gasteiger partial charge in [0, 0.05) is 29.2 Å². The maximum absolute atomic E-state index is 12.8. The second kappa shape index (κ2) is 9.84. The molecule has 0 spiro atoms. The van der Waals surface area contributed by atoms with E-state index in [9.17, 15) is 23.1 Å². The molecule has 2 heterocycles. The number of benzene rings is 1. The van der Waals surface area contributed by atoms with E-state index in [1.165, 1.54) is 6.07 Å². The van der Waals surface area contributed by atoms with Crippen LogP contribution in [0.25, 0.3) is 11.4 Å². The van der Waals surface area contributed by atoms with E-state index in [-0.39, 0.29) is 0 Å². The number of carboxylic acids is 1. The summed E-state index contributed by atoms with van der Waals surface area (Å²) in [5.74, 6) is -0.122. The molecule has 32 heavy (non-hydrogen) atoms. The monoisotopic (exact) mass is 447 g/mol. The van der Waals surface area contributed by atoms with E-state index in [0.717, 1.165) is 36.4 Å². The van der Waals surface area contributed by atoms with Crippen LogP contribution < -0.4 is 4.74 Å². The Kier molecular flexibility index (Phi) is 7.17. The number of unbranched alkanes of at least 4 members (excludes halogenated alkanes) is 1. The molecule has 0 aliphatic rings. The van der Waals surface area contributed by atoms with Crippen molar-refractivity contribution in [2.24, 2.45) is 0 Å². The van der Waals surface area contributed by atoms with Crippen LogP contribution in [-0.2, 0) is 17.5 Å². The second-order valence-corrected chi connectivity index (χ2v) is 7.43. The van der Waals surface area contributed by atoms with E-state index < -0.39 is 23.9 Å². The average Bonchev–Trinajstić information content (AvgIpc) is 3.11. The van der Waals surface area contributed by atoms with Gasteiger partial charge in [0.15, 0.2) is 6.10 Å². The molecule has 170 valence electrons. The van der Waals surface area contributed by atoms with Crippen molar-refractivity contribution in [3.63, 3.8) is 0 Å². The zero-order valence-corrected chi connectivity index (χ0v) is 17.8. The number of imidazole rings is 1. The number of carboxylic acid groups (broad SMARTS) is 1. The third-order valence-electron chi connectivity index (χ3n) is 5.03. The van der Waals surface area contributed by atoms with E-state index in [1.807, 2.05) is 30.5 Å². The first-order valence-corrected chi connectivity index (χ1v) is 10.2. The van der Waals surface area contributed by atoms with E-state index >= 15 is 0 Å². The van der Waals surface area contributed by atoms with Crippen LogP contribution in [0.5, 0.6) is 5.75 Å². The molecule has 2 aromatic heterocycles. The minimum absolute atomic E-state index is 0.304. The van der Waals surface area contributed by atoms with Crippen LogP contribution >= 0.6 is 0 Å². The number of para-hydroxylation sites is 1. The van der Waals surface area contributed by atoms with Gasteiger partial charge in [-0.05, 0) is 38.0 Å². The number of aliphatic carboxylic acids is 1. The van der Waals surface area contributed by atoms with Gasteiger partial charge in [-0.1, -0.05) is 31.5 Å². The summed E-state index contributed by atoms with van der Waals surface area (Å²) in [7, 11) is 0. The van der Waals surface area contributed by atoms with E-state index in [0.29, 0.717) is 30.1 Å². The highest BCUT2D eigenvalue weighted by atomic mass is 19.4. The first-order chi connectivity index (χ1) is 15.2. The van der Waals surface area contributed by atoms with Crippen molar-refractivity contribution < 1.29 is 27.8 Å². The van der Waals surface area contributed by atoms with Crippen LogP contribution in [-0.4, -0.2) is 31.7 Å². The Balaban J connectivity index is 1.89. The maximum Gasteiger partial charge on any atom is 0.433 e. The number of ether oxygens (including phenoxy) is 1. The summed E-state index contributed by atoms with van der Waals surface area (Å²) in [4.78, 5) is 19.5. The summed E-state index contributed by atoms with van der Waals surface area (Å²) in [6.45, 7) is 4.11. The number of rotatable bonds is 9. The summed E-state index contributed by atoms with van der Waals surface area (Å²) in [5, 5.41) is 9.50. The molecule has 6 nitrogen and oxygen atoms in total. The molecule has 0 aliphatic carbocycles. The molecule has 0 saturated heterocycles. The van der Waals surface area contributed by atoms with Crippen molar-refractivity contribution in [2.75, 3.05) is 0 Å². The van der Waals surface area contributed by atoms with Crippen molar-refractivity contribution in [1.29, 1.82) is 0 Å². The number of hydrogen-bond acceptors (Lipinski definition) is 4. The lowest BCUT2D eigenvalue weighted by molar-refractivity contribution is -0.145. The van der Waals surface area contributed by atoms with Crippen molar-refractivity contribution >= 4 is 5.97 Å². The standard InChI is InChI=1S/C23H24F3N3O3/c1-3-4-8-19(22(30)31)32-18-9-6-5-7-17(18)14-29-15(2)12-28-21(29)16-10-11-20(27-13-16)23(24,25)26/h5-7,9-13,19H,3-4,8,14H2,1-2H3,(H,30,31). The quantitative estimate of drug-likeness (QED) is 0.479. The van der Waals surface area contributed by atoms with Crippen LogP contribution in [0.3, 0.4) is 0 Å². The number of aromatic nitrogens is 3. The summed E-state index contributed by atoms with van der Waals surface area (Å²) < 4.78 is 46.2. The van der Waals surface area contributed by atoms with E-state index in [4.69, 9.17) is 4.74 Å². The Labute approximate surface area is 183 Å². The van der Waals surface area contributed by atoms with Gasteiger partial charge in [-0.15, -0.1) is 0 Å². The Morgan fingerprint density at radius 2 is 1.91 bits per heavy atom. The van der Waals surface area contributed by atoms with Gasteiger partial charge in [-0.2, -0.15) is 13.2 Å². The van der Waals surface area contributed by atoms with Gasteiger partial charge in [0.25, 0.3) is 0 Å². The van der Waals surface area contributed by atoms with E-state index in [2.05, 4.69) is 9.97 Å². The van der Waals surface area contributed by atoms with Gasteiger partial charge in [-0.25, -0.2) is 9.78 Å². The van der Waals surface area contributed by atoms with Gasteiger partial charge in [0.2, 0.25) is 0 Å². The molecule has 1 aromatic carbocycles. The number of alkyl halides is 3. The summed E-state index contributed by atoms with van der Waals surface area (Å²) in [6.07, 6.45) is -0.727. The first-order valence-electron chi connectivity index (χ1n) is 10.2. The second-order valence-electron chi connectivity index (χ2n) is 7.43. The van der Waals surface area contributed by atoms with Gasteiger partial charge >= 0.3 is 12.1 Å². The highest BCUT2D eigenvalue weighted by Crippen LogP contribution is 2.30. The first kappa shape index (κ1) is 23.3. The maximum atomic E-state index is 12.8. The number of aryl methyl sites for hydroxylation is 1. The zero-order valence-electron chi connectivity index (χ0n) is 17.8. The van der Waals surface area contributed by atoms with Gasteiger partial charge in [-0.3, -0.25) is 4.98 Å². The molecule has 3 aromatic rings. The fraction of sp³-hybridized carbons (Fsp3) is 0.348. The van der Waals surface area contributed by atoms with Crippen LogP contribution in [0.1, 0.15) is 43.1 Å². The molecule has 1 unspecified atom stereocenters. The third kappa shape index (κ3) is 5.46. The lowest BCUT2D eigenvalue weighted by Crippen LogP contribution is -2.27. The molecule has 9 heteroatoms.